The van der Waals surface area contributed by atoms with Gasteiger partial charge in [-0.2, -0.15) is 0 Å². The van der Waals surface area contributed by atoms with Crippen molar-refractivity contribution in [2.45, 2.75) is 32.7 Å². The van der Waals surface area contributed by atoms with Gasteiger partial charge in [-0.1, -0.05) is 13.8 Å². The van der Waals surface area contributed by atoms with Crippen molar-refractivity contribution < 1.29 is 8.42 Å². The molecule has 1 aliphatic heterocycles. The molecule has 0 spiro atoms. The molecule has 0 radical (unpaired) electrons. The van der Waals surface area contributed by atoms with Crippen molar-refractivity contribution in [3.8, 4) is 0 Å². The van der Waals surface area contributed by atoms with Crippen molar-refractivity contribution in [3.05, 3.63) is 0 Å². The molecule has 5 heteroatoms. The lowest BCUT2D eigenvalue weighted by atomic mass is 9.96. The Morgan fingerprint density at radius 1 is 1.29 bits per heavy atom. The number of piperidine rings is 1. The summed E-state index contributed by atoms with van der Waals surface area (Å²) in [5.74, 6) is 1.05. The van der Waals surface area contributed by atoms with E-state index < -0.39 is 9.84 Å². The second kappa shape index (κ2) is 6.71. The normalized spacial score (nSPS) is 20.0. The van der Waals surface area contributed by atoms with Gasteiger partial charge in [-0.25, -0.2) is 8.42 Å². The second-order valence-electron chi connectivity index (χ2n) is 5.48. The Labute approximate surface area is 106 Å². The zero-order chi connectivity index (χ0) is 12.9. The quantitative estimate of drug-likeness (QED) is 0.767. The average Bonchev–Trinajstić information content (AvgIpc) is 2.24. The highest BCUT2D eigenvalue weighted by atomic mass is 32.2. The summed E-state index contributed by atoms with van der Waals surface area (Å²) in [6, 6.07) is 0.554. The summed E-state index contributed by atoms with van der Waals surface area (Å²) in [4.78, 5) is 2.27. The van der Waals surface area contributed by atoms with Crippen LogP contribution in [0.3, 0.4) is 0 Å². The van der Waals surface area contributed by atoms with Gasteiger partial charge >= 0.3 is 0 Å². The largest absolute Gasteiger partial charge is 0.314 e. The maximum Gasteiger partial charge on any atom is 0.148 e. The monoisotopic (exact) mass is 262 g/mol. The first-order valence-electron chi connectivity index (χ1n) is 6.50. The topological polar surface area (TPSA) is 49.4 Å². The van der Waals surface area contributed by atoms with Gasteiger partial charge in [0.15, 0.2) is 0 Å². The maximum absolute atomic E-state index is 11.1. The van der Waals surface area contributed by atoms with E-state index in [1.54, 1.807) is 0 Å². The van der Waals surface area contributed by atoms with E-state index >= 15 is 0 Å². The zero-order valence-corrected chi connectivity index (χ0v) is 12.1. The Hall–Kier alpha value is -0.130. The van der Waals surface area contributed by atoms with Crippen LogP contribution in [0.1, 0.15) is 26.7 Å². The average molecular weight is 262 g/mol. The van der Waals surface area contributed by atoms with Gasteiger partial charge in [-0.15, -0.1) is 0 Å². The molecule has 4 nitrogen and oxygen atoms in total. The number of likely N-dealkylation sites (tertiary alicyclic amines) is 1. The van der Waals surface area contributed by atoms with Crippen LogP contribution >= 0.6 is 0 Å². The number of nitrogens with one attached hydrogen (secondary N) is 1. The molecule has 1 N–H and O–H groups in total. The fraction of sp³-hybridized carbons (Fsp3) is 1.00. The van der Waals surface area contributed by atoms with E-state index in [9.17, 15) is 8.42 Å². The molecule has 0 bridgehead atoms. The Morgan fingerprint density at radius 2 is 1.88 bits per heavy atom. The summed E-state index contributed by atoms with van der Waals surface area (Å²) in [6.07, 6.45) is 3.68. The molecule has 1 fully saturated rings. The predicted molar refractivity (Wildman–Crippen MR) is 72.0 cm³/mol. The van der Waals surface area contributed by atoms with Crippen LogP contribution in [0.5, 0.6) is 0 Å². The van der Waals surface area contributed by atoms with Crippen LogP contribution in [-0.4, -0.2) is 57.5 Å². The van der Waals surface area contributed by atoms with E-state index in [0.717, 1.165) is 25.6 Å². The first kappa shape index (κ1) is 14.9. The minimum atomic E-state index is -2.81. The second-order valence-corrected chi connectivity index (χ2v) is 7.74. The van der Waals surface area contributed by atoms with Crippen molar-refractivity contribution >= 4 is 9.84 Å². The molecule has 17 heavy (non-hydrogen) atoms. The molecule has 0 aliphatic carbocycles. The lowest BCUT2D eigenvalue weighted by Gasteiger charge is -2.32. The molecule has 1 saturated heterocycles. The van der Waals surface area contributed by atoms with Gasteiger partial charge in [-0.05, 0) is 38.4 Å². The minimum absolute atomic E-state index is 0.294. The Balaban J connectivity index is 2.17. The fourth-order valence-corrected chi connectivity index (χ4v) is 2.70. The van der Waals surface area contributed by atoms with Crippen LogP contribution in [0.2, 0.25) is 0 Å². The highest BCUT2D eigenvalue weighted by molar-refractivity contribution is 7.90. The van der Waals surface area contributed by atoms with Gasteiger partial charge in [0.2, 0.25) is 0 Å². The lowest BCUT2D eigenvalue weighted by molar-refractivity contribution is 0.189. The van der Waals surface area contributed by atoms with Gasteiger partial charge in [0.1, 0.15) is 9.84 Å². The van der Waals surface area contributed by atoms with Gasteiger partial charge in [0, 0.05) is 18.8 Å². The first-order chi connectivity index (χ1) is 7.87. The van der Waals surface area contributed by atoms with E-state index in [0.29, 0.717) is 18.3 Å². The summed E-state index contributed by atoms with van der Waals surface area (Å²) < 4.78 is 22.2. The number of hydrogen-bond donors (Lipinski definition) is 1. The summed E-state index contributed by atoms with van der Waals surface area (Å²) in [7, 11) is -2.81. The van der Waals surface area contributed by atoms with Gasteiger partial charge in [0.05, 0.1) is 5.75 Å². The number of rotatable bonds is 6. The smallest absolute Gasteiger partial charge is 0.148 e. The van der Waals surface area contributed by atoms with E-state index in [2.05, 4.69) is 24.1 Å². The molecule has 1 aliphatic rings. The van der Waals surface area contributed by atoms with Crippen LogP contribution in [-0.2, 0) is 9.84 Å². The van der Waals surface area contributed by atoms with Gasteiger partial charge in [-0.3, -0.25) is 0 Å². The van der Waals surface area contributed by atoms with Crippen molar-refractivity contribution in [2.24, 2.45) is 5.92 Å². The molecule has 0 amide bonds. The SMILES string of the molecule is CC(C)NCC1CCN(CCS(C)(=O)=O)CC1. The third-order valence-electron chi connectivity index (χ3n) is 3.30. The molecule has 1 heterocycles. The van der Waals surface area contributed by atoms with Crippen LogP contribution in [0, 0.1) is 5.92 Å². The third kappa shape index (κ3) is 7.01. The van der Waals surface area contributed by atoms with Crippen LogP contribution in [0.25, 0.3) is 0 Å². The highest BCUT2D eigenvalue weighted by Crippen LogP contribution is 2.16. The third-order valence-corrected chi connectivity index (χ3v) is 4.22. The molecule has 0 aromatic heterocycles. The first-order valence-corrected chi connectivity index (χ1v) is 8.56. The molecule has 0 unspecified atom stereocenters. The molecular formula is C12H26N2O2S. The van der Waals surface area contributed by atoms with E-state index in [-0.39, 0.29) is 0 Å². The van der Waals surface area contributed by atoms with Crippen LogP contribution in [0.4, 0.5) is 0 Å². The summed E-state index contributed by atoms with van der Waals surface area (Å²) in [6.45, 7) is 8.21. The van der Waals surface area contributed by atoms with E-state index in [4.69, 9.17) is 0 Å². The molecule has 0 saturated carbocycles. The molecule has 102 valence electrons. The summed E-state index contributed by atoms with van der Waals surface area (Å²) in [5, 5.41) is 3.47. The van der Waals surface area contributed by atoms with Crippen molar-refractivity contribution in [1.29, 1.82) is 0 Å². The van der Waals surface area contributed by atoms with Crippen molar-refractivity contribution in [3.63, 3.8) is 0 Å². The predicted octanol–water partition coefficient (Wildman–Crippen LogP) is 0.741. The van der Waals surface area contributed by atoms with Crippen LogP contribution in [0.15, 0.2) is 0 Å². The molecule has 1 rings (SSSR count). The standard InChI is InChI=1S/C12H26N2O2S/c1-11(2)13-10-12-4-6-14(7-5-12)8-9-17(3,15)16/h11-13H,4-10H2,1-3H3. The Kier molecular flexibility index (Phi) is 5.89. The fourth-order valence-electron chi connectivity index (χ4n) is 2.11. The van der Waals surface area contributed by atoms with Crippen molar-refractivity contribution in [2.75, 3.05) is 38.2 Å². The Bertz CT molecular complexity index is 306. The summed E-state index contributed by atoms with van der Waals surface area (Å²) in [5.41, 5.74) is 0. The summed E-state index contributed by atoms with van der Waals surface area (Å²) >= 11 is 0. The van der Waals surface area contributed by atoms with Gasteiger partial charge in [0.25, 0.3) is 0 Å². The number of sulfone groups is 1. The van der Waals surface area contributed by atoms with E-state index in [1.165, 1.54) is 19.1 Å². The molecular weight excluding hydrogens is 236 g/mol. The van der Waals surface area contributed by atoms with E-state index in [1.807, 2.05) is 0 Å². The molecule has 0 aromatic rings. The van der Waals surface area contributed by atoms with Gasteiger partial charge < -0.3 is 10.2 Å². The number of hydrogen-bond acceptors (Lipinski definition) is 4. The maximum atomic E-state index is 11.1. The lowest BCUT2D eigenvalue weighted by Crippen LogP contribution is -2.40. The molecule has 0 aromatic carbocycles. The Morgan fingerprint density at radius 3 is 2.35 bits per heavy atom. The van der Waals surface area contributed by atoms with Crippen molar-refractivity contribution in [1.82, 2.24) is 10.2 Å². The highest BCUT2D eigenvalue weighted by Gasteiger charge is 2.19. The molecule has 0 atom stereocenters. The van der Waals surface area contributed by atoms with Crippen LogP contribution < -0.4 is 5.32 Å². The minimum Gasteiger partial charge on any atom is -0.314 e. The number of nitrogens with zero attached hydrogens (tertiary/aromatic N) is 1. The zero-order valence-electron chi connectivity index (χ0n) is 11.3.